The average Bonchev–Trinajstić information content (AvgIpc) is 2.30. The number of hydrogen-bond acceptors (Lipinski definition) is 1. The molecule has 0 aromatic heterocycles. The van der Waals surface area contributed by atoms with E-state index < -0.39 is 0 Å². The molecule has 1 N–H and O–H groups in total. The molecule has 0 radical (unpaired) electrons. The first kappa shape index (κ1) is 13.0. The van der Waals surface area contributed by atoms with Crippen LogP contribution in [0.5, 0.6) is 0 Å². The highest BCUT2D eigenvalue weighted by atomic mass is 79.9. The molecule has 0 heterocycles. The molecular weight excluding hydrogens is 266 g/mol. The van der Waals surface area contributed by atoms with E-state index >= 15 is 0 Å². The summed E-state index contributed by atoms with van der Waals surface area (Å²) in [6.45, 7) is 4.03. The molecule has 0 aliphatic heterocycles. The topological polar surface area (TPSA) is 29.1 Å². The van der Waals surface area contributed by atoms with Gasteiger partial charge in [0.25, 0.3) is 5.91 Å². The van der Waals surface area contributed by atoms with Gasteiger partial charge in [0.05, 0.1) is 4.48 Å². The fraction of sp³-hybridized carbons (Fsp3) is 0.308. The van der Waals surface area contributed by atoms with Crippen molar-refractivity contribution < 1.29 is 4.79 Å². The third-order valence-corrected chi connectivity index (χ3v) is 2.89. The molecule has 2 nitrogen and oxygen atoms in total. The maximum atomic E-state index is 11.7. The second-order valence-corrected chi connectivity index (χ2v) is 4.54. The van der Waals surface area contributed by atoms with Gasteiger partial charge in [0.1, 0.15) is 0 Å². The van der Waals surface area contributed by atoms with Crippen LogP contribution in [-0.2, 0) is 4.79 Å². The minimum atomic E-state index is -0.0711. The summed E-state index contributed by atoms with van der Waals surface area (Å²) in [6.07, 6.45) is 2.75. The summed E-state index contributed by atoms with van der Waals surface area (Å²) in [5.74, 6) is -0.0711. The second kappa shape index (κ2) is 6.48. The Labute approximate surface area is 105 Å². The molecule has 0 aliphatic rings. The monoisotopic (exact) mass is 281 g/mol. The summed E-state index contributed by atoms with van der Waals surface area (Å²) in [5, 5.41) is 2.90. The average molecular weight is 282 g/mol. The van der Waals surface area contributed by atoms with E-state index in [4.69, 9.17) is 0 Å². The van der Waals surface area contributed by atoms with Gasteiger partial charge in [-0.3, -0.25) is 4.79 Å². The zero-order valence-corrected chi connectivity index (χ0v) is 11.1. The van der Waals surface area contributed by atoms with E-state index in [-0.39, 0.29) is 11.9 Å². The summed E-state index contributed by atoms with van der Waals surface area (Å²) in [5.41, 5.74) is 1.01. The highest BCUT2D eigenvalue weighted by Crippen LogP contribution is 2.12. The molecule has 3 heteroatoms. The van der Waals surface area contributed by atoms with Gasteiger partial charge < -0.3 is 5.32 Å². The van der Waals surface area contributed by atoms with Gasteiger partial charge in [-0.05, 0) is 40.9 Å². The Balaban J connectivity index is 2.67. The number of rotatable bonds is 4. The maximum Gasteiger partial charge on any atom is 0.258 e. The standard InChI is InChI=1S/C13H16BrNO/c1-3-10(2)15-13(16)12(14)9-11-7-5-4-6-8-11/h4-10H,3H2,1-2H3,(H,15,16)/b12-9-. The van der Waals surface area contributed by atoms with Crippen LogP contribution in [-0.4, -0.2) is 11.9 Å². The van der Waals surface area contributed by atoms with Crippen molar-refractivity contribution in [2.75, 3.05) is 0 Å². The van der Waals surface area contributed by atoms with Crippen LogP contribution in [0.2, 0.25) is 0 Å². The van der Waals surface area contributed by atoms with Crippen LogP contribution in [0.3, 0.4) is 0 Å². The van der Waals surface area contributed by atoms with E-state index in [1.807, 2.05) is 50.3 Å². The Hall–Kier alpha value is -1.09. The Bertz CT molecular complexity index is 373. The Morgan fingerprint density at radius 1 is 1.44 bits per heavy atom. The molecule has 86 valence electrons. The highest BCUT2D eigenvalue weighted by molar-refractivity contribution is 9.12. The van der Waals surface area contributed by atoms with Crippen LogP contribution in [0.15, 0.2) is 34.8 Å². The van der Waals surface area contributed by atoms with E-state index in [1.54, 1.807) is 0 Å². The van der Waals surface area contributed by atoms with Crippen molar-refractivity contribution in [2.45, 2.75) is 26.3 Å². The minimum absolute atomic E-state index is 0.0711. The van der Waals surface area contributed by atoms with Crippen LogP contribution in [0.4, 0.5) is 0 Å². The molecule has 0 saturated heterocycles. The second-order valence-electron chi connectivity index (χ2n) is 3.69. The van der Waals surface area contributed by atoms with Gasteiger partial charge in [0.15, 0.2) is 0 Å². The van der Waals surface area contributed by atoms with Gasteiger partial charge in [-0.25, -0.2) is 0 Å². The van der Waals surface area contributed by atoms with Crippen molar-refractivity contribution in [2.24, 2.45) is 0 Å². The van der Waals surface area contributed by atoms with Crippen LogP contribution in [0.1, 0.15) is 25.8 Å². The molecule has 0 aliphatic carbocycles. The van der Waals surface area contributed by atoms with Gasteiger partial charge >= 0.3 is 0 Å². The van der Waals surface area contributed by atoms with E-state index in [0.29, 0.717) is 4.48 Å². The van der Waals surface area contributed by atoms with Crippen molar-refractivity contribution >= 4 is 27.9 Å². The normalized spacial score (nSPS) is 13.3. The van der Waals surface area contributed by atoms with Crippen molar-refractivity contribution in [3.8, 4) is 0 Å². The van der Waals surface area contributed by atoms with E-state index in [2.05, 4.69) is 21.2 Å². The van der Waals surface area contributed by atoms with Gasteiger partial charge in [-0.2, -0.15) is 0 Å². The van der Waals surface area contributed by atoms with Crippen LogP contribution in [0, 0.1) is 0 Å². The number of amides is 1. The SMILES string of the molecule is CCC(C)NC(=O)/C(Br)=C/c1ccccc1. The first-order chi connectivity index (χ1) is 7.63. The lowest BCUT2D eigenvalue weighted by Crippen LogP contribution is -2.31. The summed E-state index contributed by atoms with van der Waals surface area (Å²) in [7, 11) is 0. The third-order valence-electron chi connectivity index (χ3n) is 2.30. The molecular formula is C13H16BrNO. The molecule has 0 fully saturated rings. The summed E-state index contributed by atoms with van der Waals surface area (Å²) < 4.78 is 0.555. The lowest BCUT2D eigenvalue weighted by atomic mass is 10.2. The Kier molecular flexibility index (Phi) is 5.26. The number of halogens is 1. The number of nitrogens with one attached hydrogen (secondary N) is 1. The van der Waals surface area contributed by atoms with Crippen molar-refractivity contribution in [1.29, 1.82) is 0 Å². The molecule has 0 spiro atoms. The van der Waals surface area contributed by atoms with Crippen molar-refractivity contribution in [1.82, 2.24) is 5.32 Å². The van der Waals surface area contributed by atoms with Crippen LogP contribution in [0.25, 0.3) is 6.08 Å². The number of carbonyl (C=O) groups excluding carboxylic acids is 1. The lowest BCUT2D eigenvalue weighted by molar-refractivity contribution is -0.117. The highest BCUT2D eigenvalue weighted by Gasteiger charge is 2.08. The van der Waals surface area contributed by atoms with Gasteiger partial charge in [0, 0.05) is 6.04 Å². The summed E-state index contributed by atoms with van der Waals surface area (Å²) in [6, 6.07) is 9.95. The smallest absolute Gasteiger partial charge is 0.258 e. The first-order valence-corrected chi connectivity index (χ1v) is 6.16. The molecule has 16 heavy (non-hydrogen) atoms. The zero-order valence-electron chi connectivity index (χ0n) is 9.53. The van der Waals surface area contributed by atoms with Crippen molar-refractivity contribution in [3.05, 3.63) is 40.4 Å². The van der Waals surface area contributed by atoms with E-state index in [1.165, 1.54) is 0 Å². The largest absolute Gasteiger partial charge is 0.349 e. The molecule has 1 aromatic carbocycles. The number of benzene rings is 1. The van der Waals surface area contributed by atoms with Gasteiger partial charge in [-0.15, -0.1) is 0 Å². The number of hydrogen-bond donors (Lipinski definition) is 1. The van der Waals surface area contributed by atoms with Crippen LogP contribution >= 0.6 is 15.9 Å². The predicted octanol–water partition coefficient (Wildman–Crippen LogP) is 3.34. The summed E-state index contributed by atoms with van der Waals surface area (Å²) >= 11 is 3.29. The molecule has 1 aromatic rings. The third kappa shape index (κ3) is 4.19. The van der Waals surface area contributed by atoms with E-state index in [0.717, 1.165) is 12.0 Å². The lowest BCUT2D eigenvalue weighted by Gasteiger charge is -2.10. The Morgan fingerprint density at radius 3 is 2.62 bits per heavy atom. The molecule has 0 bridgehead atoms. The minimum Gasteiger partial charge on any atom is -0.349 e. The molecule has 1 unspecified atom stereocenters. The van der Waals surface area contributed by atoms with Gasteiger partial charge in [0.2, 0.25) is 0 Å². The molecule has 0 saturated carbocycles. The first-order valence-electron chi connectivity index (χ1n) is 5.36. The fourth-order valence-corrected chi connectivity index (χ4v) is 1.53. The molecule has 1 amide bonds. The van der Waals surface area contributed by atoms with Crippen LogP contribution < -0.4 is 5.32 Å². The predicted molar refractivity (Wildman–Crippen MR) is 71.2 cm³/mol. The quantitative estimate of drug-likeness (QED) is 0.843. The number of carbonyl (C=O) groups is 1. The van der Waals surface area contributed by atoms with Gasteiger partial charge in [-0.1, -0.05) is 37.3 Å². The zero-order chi connectivity index (χ0) is 12.0. The maximum absolute atomic E-state index is 11.7. The summed E-state index contributed by atoms with van der Waals surface area (Å²) in [4.78, 5) is 11.7. The molecule has 1 rings (SSSR count). The molecule has 1 atom stereocenters. The van der Waals surface area contributed by atoms with Crippen molar-refractivity contribution in [3.63, 3.8) is 0 Å². The van der Waals surface area contributed by atoms with E-state index in [9.17, 15) is 4.79 Å². The Morgan fingerprint density at radius 2 is 2.06 bits per heavy atom. The fourth-order valence-electron chi connectivity index (χ4n) is 1.16.